The number of nitro benzene ring substituents is 1. The molecule has 0 saturated carbocycles. The van der Waals surface area contributed by atoms with Crippen LogP contribution < -0.4 is 10.0 Å². The summed E-state index contributed by atoms with van der Waals surface area (Å²) in [5.41, 5.74) is 0.398. The molecule has 2 rings (SSSR count). The van der Waals surface area contributed by atoms with Gasteiger partial charge in [0.1, 0.15) is 5.82 Å². The van der Waals surface area contributed by atoms with Gasteiger partial charge in [-0.05, 0) is 30.7 Å². The fraction of sp³-hybridized carbons (Fsp3) is 0.188. The second-order valence-electron chi connectivity index (χ2n) is 5.37. The van der Waals surface area contributed by atoms with Gasteiger partial charge in [0, 0.05) is 30.8 Å². The third-order valence-corrected chi connectivity index (χ3v) is 4.94. The molecule has 8 nitrogen and oxygen atoms in total. The van der Waals surface area contributed by atoms with Crippen LogP contribution in [0.3, 0.4) is 0 Å². The number of halogens is 1. The fourth-order valence-corrected chi connectivity index (χ4v) is 3.21. The van der Waals surface area contributed by atoms with Crippen molar-refractivity contribution in [2.75, 3.05) is 13.1 Å². The highest BCUT2D eigenvalue weighted by Crippen LogP contribution is 2.16. The van der Waals surface area contributed by atoms with Crippen LogP contribution in [0, 0.1) is 22.9 Å². The van der Waals surface area contributed by atoms with Crippen LogP contribution in [-0.4, -0.2) is 32.3 Å². The van der Waals surface area contributed by atoms with Crippen LogP contribution >= 0.6 is 0 Å². The summed E-state index contributed by atoms with van der Waals surface area (Å²) in [6, 6.07) is 8.41. The molecule has 0 bridgehead atoms. The van der Waals surface area contributed by atoms with Crippen molar-refractivity contribution in [1.82, 2.24) is 10.0 Å². The average Bonchev–Trinajstić information content (AvgIpc) is 2.60. The van der Waals surface area contributed by atoms with Crippen molar-refractivity contribution < 1.29 is 22.5 Å². The number of carbonyl (C=O) groups is 1. The zero-order chi connectivity index (χ0) is 19.3. The van der Waals surface area contributed by atoms with Gasteiger partial charge in [-0.3, -0.25) is 14.9 Å². The van der Waals surface area contributed by atoms with Crippen molar-refractivity contribution in [2.24, 2.45) is 0 Å². The molecule has 138 valence electrons. The SMILES string of the molecule is Cc1ccc(F)cc1C(=O)NCCNS(=O)(=O)c1cccc([N+](=O)[O-])c1. The topological polar surface area (TPSA) is 118 Å². The van der Waals surface area contributed by atoms with Gasteiger partial charge in [0.25, 0.3) is 11.6 Å². The minimum absolute atomic E-state index is 0.0387. The summed E-state index contributed by atoms with van der Waals surface area (Å²) in [7, 11) is -3.96. The summed E-state index contributed by atoms with van der Waals surface area (Å²) < 4.78 is 39.7. The van der Waals surface area contributed by atoms with E-state index in [-0.39, 0.29) is 29.2 Å². The van der Waals surface area contributed by atoms with E-state index in [1.54, 1.807) is 6.92 Å². The third kappa shape index (κ3) is 4.83. The molecule has 0 fully saturated rings. The number of amides is 1. The van der Waals surface area contributed by atoms with Gasteiger partial charge >= 0.3 is 0 Å². The molecule has 0 aliphatic carbocycles. The number of sulfonamides is 1. The number of hydrogen-bond acceptors (Lipinski definition) is 5. The van der Waals surface area contributed by atoms with E-state index in [9.17, 15) is 27.7 Å². The molecule has 0 aliphatic heterocycles. The normalized spacial score (nSPS) is 11.2. The molecule has 0 radical (unpaired) electrons. The van der Waals surface area contributed by atoms with Gasteiger partial charge < -0.3 is 5.32 Å². The van der Waals surface area contributed by atoms with E-state index in [0.29, 0.717) is 5.56 Å². The maximum absolute atomic E-state index is 13.2. The molecular weight excluding hydrogens is 365 g/mol. The molecule has 0 saturated heterocycles. The van der Waals surface area contributed by atoms with Crippen LogP contribution in [0.4, 0.5) is 10.1 Å². The Labute approximate surface area is 149 Å². The summed E-state index contributed by atoms with van der Waals surface area (Å²) in [6.07, 6.45) is 0. The van der Waals surface area contributed by atoms with Gasteiger partial charge in [-0.1, -0.05) is 12.1 Å². The maximum Gasteiger partial charge on any atom is 0.270 e. The molecule has 0 unspecified atom stereocenters. The number of carbonyl (C=O) groups excluding carboxylic acids is 1. The largest absolute Gasteiger partial charge is 0.351 e. The van der Waals surface area contributed by atoms with Crippen molar-refractivity contribution in [3.05, 3.63) is 69.5 Å². The smallest absolute Gasteiger partial charge is 0.270 e. The molecule has 2 aromatic rings. The summed E-state index contributed by atoms with van der Waals surface area (Å²) in [5.74, 6) is -1.08. The van der Waals surface area contributed by atoms with Gasteiger partial charge in [0.2, 0.25) is 10.0 Å². The second kappa shape index (κ2) is 8.02. The molecule has 0 aromatic heterocycles. The fourth-order valence-electron chi connectivity index (χ4n) is 2.14. The van der Waals surface area contributed by atoms with Gasteiger partial charge in [0.05, 0.1) is 9.82 Å². The minimum atomic E-state index is -3.96. The summed E-state index contributed by atoms with van der Waals surface area (Å²) in [4.78, 5) is 21.8. The number of nitro groups is 1. The Morgan fingerprint density at radius 3 is 2.62 bits per heavy atom. The predicted octanol–water partition coefficient (Wildman–Crippen LogP) is 1.75. The van der Waals surface area contributed by atoms with Crippen molar-refractivity contribution in [3.8, 4) is 0 Å². The number of aryl methyl sites for hydroxylation is 1. The third-order valence-electron chi connectivity index (χ3n) is 3.49. The first kappa shape index (κ1) is 19.5. The molecule has 2 aromatic carbocycles. The molecule has 10 heteroatoms. The standard InChI is InChI=1S/C16H16FN3O5S/c1-11-5-6-12(17)9-15(11)16(21)18-7-8-19-26(24,25)14-4-2-3-13(10-14)20(22)23/h2-6,9-10,19H,7-8H2,1H3,(H,18,21). The Hall–Kier alpha value is -2.85. The highest BCUT2D eigenvalue weighted by atomic mass is 32.2. The van der Waals surface area contributed by atoms with E-state index in [1.807, 2.05) is 0 Å². The molecular formula is C16H16FN3O5S. The van der Waals surface area contributed by atoms with E-state index in [4.69, 9.17) is 0 Å². The maximum atomic E-state index is 13.2. The van der Waals surface area contributed by atoms with Crippen LogP contribution in [0.5, 0.6) is 0 Å². The number of nitrogens with one attached hydrogen (secondary N) is 2. The number of nitrogens with zero attached hydrogens (tertiary/aromatic N) is 1. The van der Waals surface area contributed by atoms with E-state index in [2.05, 4.69) is 10.0 Å². The van der Waals surface area contributed by atoms with Gasteiger partial charge in [-0.2, -0.15) is 0 Å². The minimum Gasteiger partial charge on any atom is -0.351 e. The van der Waals surface area contributed by atoms with E-state index < -0.39 is 26.7 Å². The molecule has 1 amide bonds. The Morgan fingerprint density at radius 1 is 1.19 bits per heavy atom. The quantitative estimate of drug-likeness (QED) is 0.430. The lowest BCUT2D eigenvalue weighted by Gasteiger charge is -2.09. The van der Waals surface area contributed by atoms with E-state index in [1.165, 1.54) is 30.3 Å². The monoisotopic (exact) mass is 381 g/mol. The number of hydrogen-bond donors (Lipinski definition) is 2. The van der Waals surface area contributed by atoms with Crippen molar-refractivity contribution in [1.29, 1.82) is 0 Å². The highest BCUT2D eigenvalue weighted by Gasteiger charge is 2.17. The van der Waals surface area contributed by atoms with E-state index >= 15 is 0 Å². The van der Waals surface area contributed by atoms with Gasteiger partial charge in [-0.25, -0.2) is 17.5 Å². The number of non-ortho nitro benzene ring substituents is 1. The average molecular weight is 381 g/mol. The predicted molar refractivity (Wildman–Crippen MR) is 91.8 cm³/mol. The highest BCUT2D eigenvalue weighted by molar-refractivity contribution is 7.89. The zero-order valence-corrected chi connectivity index (χ0v) is 14.5. The summed E-state index contributed by atoms with van der Waals surface area (Å²) >= 11 is 0. The Morgan fingerprint density at radius 2 is 1.92 bits per heavy atom. The molecule has 26 heavy (non-hydrogen) atoms. The van der Waals surface area contributed by atoms with Crippen LogP contribution in [0.2, 0.25) is 0 Å². The lowest BCUT2D eigenvalue weighted by Crippen LogP contribution is -2.35. The van der Waals surface area contributed by atoms with Crippen molar-refractivity contribution >= 4 is 21.6 Å². The molecule has 0 atom stereocenters. The zero-order valence-electron chi connectivity index (χ0n) is 13.7. The van der Waals surface area contributed by atoms with Crippen LogP contribution in [0.15, 0.2) is 47.4 Å². The summed E-state index contributed by atoms with van der Waals surface area (Å²) in [6.45, 7) is 1.48. The summed E-state index contributed by atoms with van der Waals surface area (Å²) in [5, 5.41) is 13.2. The first-order valence-corrected chi connectivity index (χ1v) is 8.97. The molecule has 0 aliphatic rings. The molecule has 0 heterocycles. The van der Waals surface area contributed by atoms with Crippen LogP contribution in [0.25, 0.3) is 0 Å². The van der Waals surface area contributed by atoms with Crippen molar-refractivity contribution in [2.45, 2.75) is 11.8 Å². The lowest BCUT2D eigenvalue weighted by atomic mass is 10.1. The first-order chi connectivity index (χ1) is 12.2. The Balaban J connectivity index is 1.94. The van der Waals surface area contributed by atoms with Gasteiger partial charge in [0.15, 0.2) is 0 Å². The Bertz CT molecular complexity index is 947. The van der Waals surface area contributed by atoms with E-state index in [0.717, 1.165) is 12.1 Å². The lowest BCUT2D eigenvalue weighted by molar-refractivity contribution is -0.385. The number of benzene rings is 2. The molecule has 2 N–H and O–H groups in total. The Kier molecular flexibility index (Phi) is 6.01. The second-order valence-corrected chi connectivity index (χ2v) is 7.13. The van der Waals surface area contributed by atoms with Crippen molar-refractivity contribution in [3.63, 3.8) is 0 Å². The van der Waals surface area contributed by atoms with Crippen LogP contribution in [0.1, 0.15) is 15.9 Å². The number of rotatable bonds is 7. The first-order valence-electron chi connectivity index (χ1n) is 7.49. The van der Waals surface area contributed by atoms with Gasteiger partial charge in [-0.15, -0.1) is 0 Å². The van der Waals surface area contributed by atoms with Crippen LogP contribution in [-0.2, 0) is 10.0 Å². The molecule has 0 spiro atoms.